The lowest BCUT2D eigenvalue weighted by molar-refractivity contribution is -0.0440. The number of amides is 1. The van der Waals surface area contributed by atoms with Crippen molar-refractivity contribution in [3.63, 3.8) is 0 Å². The minimum atomic E-state index is -3.69. The third-order valence-corrected chi connectivity index (χ3v) is 8.04. The van der Waals surface area contributed by atoms with Gasteiger partial charge in [0, 0.05) is 23.5 Å². The first-order valence-corrected chi connectivity index (χ1v) is 12.8. The van der Waals surface area contributed by atoms with Crippen LogP contribution in [0.25, 0.3) is 0 Å². The van der Waals surface area contributed by atoms with Crippen molar-refractivity contribution in [2.24, 2.45) is 0 Å². The summed E-state index contributed by atoms with van der Waals surface area (Å²) in [5, 5.41) is 3.17. The molecule has 0 saturated carbocycles. The lowest BCUT2D eigenvalue weighted by Gasteiger charge is -2.34. The number of benzene rings is 1. The summed E-state index contributed by atoms with van der Waals surface area (Å²) < 4.78 is 38.1. The van der Waals surface area contributed by atoms with E-state index in [-0.39, 0.29) is 42.4 Å². The molecular weight excluding hydrogens is 452 g/mol. The van der Waals surface area contributed by atoms with Crippen LogP contribution in [0.1, 0.15) is 53.3 Å². The first kappa shape index (κ1) is 24.4. The van der Waals surface area contributed by atoms with E-state index in [2.05, 4.69) is 5.32 Å². The Morgan fingerprint density at radius 3 is 2.34 bits per heavy atom. The number of morpholine rings is 1. The Kier molecular flexibility index (Phi) is 7.71. The largest absolute Gasteiger partial charge is 0.462 e. The van der Waals surface area contributed by atoms with Crippen LogP contribution in [-0.2, 0) is 25.9 Å². The molecule has 1 amide bonds. The molecule has 2 atom stereocenters. The van der Waals surface area contributed by atoms with Crippen LogP contribution in [-0.4, -0.2) is 56.5 Å². The monoisotopic (exact) mass is 480 g/mol. The second kappa shape index (κ2) is 10.1. The molecule has 8 nitrogen and oxygen atoms in total. The Bertz CT molecular complexity index is 1070. The highest BCUT2D eigenvalue weighted by Gasteiger charge is 2.32. The van der Waals surface area contributed by atoms with Crippen LogP contribution in [0.3, 0.4) is 0 Å². The molecule has 1 aliphatic heterocycles. The van der Waals surface area contributed by atoms with Crippen molar-refractivity contribution < 1.29 is 27.5 Å². The molecule has 174 valence electrons. The molecule has 2 heterocycles. The van der Waals surface area contributed by atoms with Gasteiger partial charge in [0.1, 0.15) is 5.00 Å². The highest BCUT2D eigenvalue weighted by Crippen LogP contribution is 2.30. The fourth-order valence-corrected chi connectivity index (χ4v) is 6.07. The van der Waals surface area contributed by atoms with Crippen molar-refractivity contribution in [1.29, 1.82) is 0 Å². The third-order valence-electron chi connectivity index (χ3n) is 4.99. The van der Waals surface area contributed by atoms with Gasteiger partial charge in [0.2, 0.25) is 10.0 Å². The average molecular weight is 481 g/mol. The van der Waals surface area contributed by atoms with Gasteiger partial charge in [-0.3, -0.25) is 4.79 Å². The maximum absolute atomic E-state index is 13.0. The number of hydrogen-bond donors (Lipinski definition) is 1. The minimum absolute atomic E-state index is 0.118. The standard InChI is InChI=1S/C22H28N2O6S2/c1-5-17-11-19(22(26)29-6-2)21(31-17)23-20(25)16-7-9-18(10-8-16)32(27,28)24-12-14(3)30-15(4)13-24/h7-11,14-15H,5-6,12-13H2,1-4H3,(H,23,25). The van der Waals surface area contributed by atoms with Crippen molar-refractivity contribution in [2.75, 3.05) is 25.0 Å². The molecule has 2 unspecified atom stereocenters. The molecule has 32 heavy (non-hydrogen) atoms. The lowest BCUT2D eigenvalue weighted by Crippen LogP contribution is -2.48. The van der Waals surface area contributed by atoms with Crippen molar-refractivity contribution in [2.45, 2.75) is 51.2 Å². The molecule has 10 heteroatoms. The number of carbonyl (C=O) groups excluding carboxylic acids is 2. The summed E-state index contributed by atoms with van der Waals surface area (Å²) in [7, 11) is -3.69. The summed E-state index contributed by atoms with van der Waals surface area (Å²) in [5.74, 6) is -0.924. The van der Waals surface area contributed by atoms with Gasteiger partial charge in [0.25, 0.3) is 5.91 Å². The van der Waals surface area contributed by atoms with E-state index in [0.29, 0.717) is 10.6 Å². The van der Waals surface area contributed by atoms with Crippen molar-refractivity contribution in [3.8, 4) is 0 Å². The van der Waals surface area contributed by atoms with Crippen LogP contribution in [0.4, 0.5) is 5.00 Å². The van der Waals surface area contributed by atoms with Crippen LogP contribution < -0.4 is 5.32 Å². The first-order chi connectivity index (χ1) is 15.1. The smallest absolute Gasteiger partial charge is 0.341 e. The van der Waals surface area contributed by atoms with Crippen molar-refractivity contribution >= 4 is 38.2 Å². The molecule has 1 saturated heterocycles. The predicted molar refractivity (Wildman–Crippen MR) is 123 cm³/mol. The number of hydrogen-bond acceptors (Lipinski definition) is 7. The Labute approximate surface area is 192 Å². The normalized spacial score (nSPS) is 19.5. The molecule has 0 radical (unpaired) electrons. The molecule has 1 aliphatic rings. The lowest BCUT2D eigenvalue weighted by atomic mass is 10.2. The van der Waals surface area contributed by atoms with Crippen molar-refractivity contribution in [3.05, 3.63) is 46.3 Å². The quantitative estimate of drug-likeness (QED) is 0.608. The number of sulfonamides is 1. The molecule has 2 aromatic rings. The van der Waals surface area contributed by atoms with Gasteiger partial charge >= 0.3 is 5.97 Å². The zero-order valence-corrected chi connectivity index (χ0v) is 20.2. The molecule has 1 aromatic carbocycles. The van der Waals surface area contributed by atoms with Gasteiger partial charge < -0.3 is 14.8 Å². The number of aryl methyl sites for hydroxylation is 1. The SMILES string of the molecule is CCOC(=O)c1cc(CC)sc1NC(=O)c1ccc(S(=O)(=O)N2CC(C)OC(C)C2)cc1. The van der Waals surface area contributed by atoms with Gasteiger partial charge in [-0.25, -0.2) is 13.2 Å². The number of carbonyl (C=O) groups is 2. The number of esters is 1. The molecule has 1 aromatic heterocycles. The summed E-state index contributed by atoms with van der Waals surface area (Å²) in [6.45, 7) is 8.15. The van der Waals surface area contributed by atoms with E-state index in [9.17, 15) is 18.0 Å². The Balaban J connectivity index is 1.77. The fourth-order valence-electron chi connectivity index (χ4n) is 3.50. The highest BCUT2D eigenvalue weighted by molar-refractivity contribution is 7.89. The van der Waals surface area contributed by atoms with Crippen molar-refractivity contribution in [1.82, 2.24) is 4.31 Å². The Morgan fingerprint density at radius 2 is 1.78 bits per heavy atom. The second-order valence-corrected chi connectivity index (χ2v) is 10.7. The van der Waals surface area contributed by atoms with E-state index in [1.165, 1.54) is 39.9 Å². The summed E-state index contributed by atoms with van der Waals surface area (Å²) in [6, 6.07) is 7.50. The molecule has 0 aliphatic carbocycles. The van der Waals surface area contributed by atoms with Gasteiger partial charge in [-0.1, -0.05) is 6.92 Å². The highest BCUT2D eigenvalue weighted by atomic mass is 32.2. The molecule has 3 rings (SSSR count). The van der Waals surface area contributed by atoms with Crippen LogP contribution in [0.2, 0.25) is 0 Å². The van der Waals surface area contributed by atoms with Gasteiger partial charge in [0.05, 0.1) is 29.3 Å². The maximum atomic E-state index is 13.0. The molecule has 1 N–H and O–H groups in total. The average Bonchev–Trinajstić information content (AvgIpc) is 3.16. The summed E-state index contributed by atoms with van der Waals surface area (Å²) in [6.07, 6.45) is 0.343. The molecular formula is C22H28N2O6S2. The number of thiophene rings is 1. The van der Waals surface area contributed by atoms with E-state index in [0.717, 1.165) is 11.3 Å². The predicted octanol–water partition coefficient (Wildman–Crippen LogP) is 3.54. The summed E-state index contributed by atoms with van der Waals surface area (Å²) in [5.41, 5.74) is 0.603. The number of anilines is 1. The number of rotatable bonds is 7. The van der Waals surface area contributed by atoms with Gasteiger partial charge in [-0.15, -0.1) is 11.3 Å². The van der Waals surface area contributed by atoms with Crippen LogP contribution in [0.15, 0.2) is 35.2 Å². The van der Waals surface area contributed by atoms with E-state index in [1.54, 1.807) is 13.0 Å². The van der Waals surface area contributed by atoms with Crippen LogP contribution in [0, 0.1) is 0 Å². The number of ether oxygens (including phenoxy) is 2. The van der Waals surface area contributed by atoms with Crippen LogP contribution >= 0.6 is 11.3 Å². The molecule has 0 bridgehead atoms. The molecule has 1 fully saturated rings. The van der Waals surface area contributed by atoms with Gasteiger partial charge in [-0.2, -0.15) is 4.31 Å². The topological polar surface area (TPSA) is 102 Å². The van der Waals surface area contributed by atoms with E-state index in [4.69, 9.17) is 9.47 Å². The minimum Gasteiger partial charge on any atom is -0.462 e. The Hall–Kier alpha value is -2.27. The zero-order chi connectivity index (χ0) is 23.5. The maximum Gasteiger partial charge on any atom is 0.341 e. The Morgan fingerprint density at radius 1 is 1.16 bits per heavy atom. The van der Waals surface area contributed by atoms with Gasteiger partial charge in [0.15, 0.2) is 0 Å². The van der Waals surface area contributed by atoms with Gasteiger partial charge in [-0.05, 0) is 57.5 Å². The number of nitrogens with one attached hydrogen (secondary N) is 1. The fraction of sp³-hybridized carbons (Fsp3) is 0.455. The summed E-state index contributed by atoms with van der Waals surface area (Å²) in [4.78, 5) is 26.0. The van der Waals surface area contributed by atoms with E-state index < -0.39 is 21.9 Å². The zero-order valence-electron chi connectivity index (χ0n) is 18.6. The summed E-state index contributed by atoms with van der Waals surface area (Å²) >= 11 is 1.32. The van der Waals surface area contributed by atoms with Crippen LogP contribution in [0.5, 0.6) is 0 Å². The third kappa shape index (κ3) is 5.37. The number of nitrogens with zero attached hydrogens (tertiary/aromatic N) is 1. The van der Waals surface area contributed by atoms with E-state index in [1.807, 2.05) is 20.8 Å². The first-order valence-electron chi connectivity index (χ1n) is 10.5. The second-order valence-electron chi connectivity index (χ2n) is 7.59. The molecule has 0 spiro atoms. The van der Waals surface area contributed by atoms with E-state index >= 15 is 0 Å².